The largest absolute Gasteiger partial charge is 0.469 e. The van der Waals surface area contributed by atoms with Gasteiger partial charge < -0.3 is 14.8 Å². The van der Waals surface area contributed by atoms with Crippen LogP contribution in [0.4, 0.5) is 4.79 Å². The van der Waals surface area contributed by atoms with Crippen LogP contribution in [0.15, 0.2) is 24.3 Å². The van der Waals surface area contributed by atoms with Crippen LogP contribution in [0.5, 0.6) is 0 Å². The Kier molecular flexibility index (Phi) is 5.76. The van der Waals surface area contributed by atoms with E-state index in [1.165, 1.54) is 7.11 Å². The molecule has 0 aliphatic carbocycles. The summed E-state index contributed by atoms with van der Waals surface area (Å²) < 4.78 is 9.90. The molecule has 0 aliphatic heterocycles. The van der Waals surface area contributed by atoms with E-state index in [-0.39, 0.29) is 11.9 Å². The fourth-order valence-electron chi connectivity index (χ4n) is 1.77. The second-order valence-electron chi connectivity index (χ2n) is 5.85. The van der Waals surface area contributed by atoms with Crippen molar-refractivity contribution in [2.24, 2.45) is 0 Å². The van der Waals surface area contributed by atoms with Crippen molar-refractivity contribution in [1.82, 2.24) is 5.32 Å². The van der Waals surface area contributed by atoms with Gasteiger partial charge in [-0.25, -0.2) is 4.79 Å². The van der Waals surface area contributed by atoms with E-state index in [1.54, 1.807) is 6.92 Å². The zero-order chi connectivity index (χ0) is 16.0. The van der Waals surface area contributed by atoms with Crippen LogP contribution < -0.4 is 5.32 Å². The minimum atomic E-state index is -0.522. The van der Waals surface area contributed by atoms with Crippen molar-refractivity contribution in [2.75, 3.05) is 7.11 Å². The van der Waals surface area contributed by atoms with Crippen LogP contribution >= 0.6 is 0 Å². The summed E-state index contributed by atoms with van der Waals surface area (Å²) in [6.45, 7) is 7.56. The second-order valence-corrected chi connectivity index (χ2v) is 5.85. The van der Waals surface area contributed by atoms with Crippen molar-refractivity contribution in [3.63, 3.8) is 0 Å². The Bertz CT molecular complexity index is 505. The van der Waals surface area contributed by atoms with Gasteiger partial charge in [0.15, 0.2) is 0 Å². The molecule has 1 aromatic rings. The van der Waals surface area contributed by atoms with Gasteiger partial charge in [-0.15, -0.1) is 0 Å². The Labute approximate surface area is 125 Å². The van der Waals surface area contributed by atoms with Crippen LogP contribution in [0.3, 0.4) is 0 Å². The van der Waals surface area contributed by atoms with E-state index in [0.717, 1.165) is 11.1 Å². The van der Waals surface area contributed by atoms with Gasteiger partial charge in [0.2, 0.25) is 0 Å². The highest BCUT2D eigenvalue weighted by Crippen LogP contribution is 2.18. The third kappa shape index (κ3) is 5.85. The second kappa shape index (κ2) is 7.11. The third-order valence-electron chi connectivity index (χ3n) is 2.84. The van der Waals surface area contributed by atoms with Crippen LogP contribution in [-0.2, 0) is 20.8 Å². The van der Waals surface area contributed by atoms with Gasteiger partial charge >= 0.3 is 12.1 Å². The number of alkyl carbamates (subject to hydrolysis) is 1. The summed E-state index contributed by atoms with van der Waals surface area (Å²) >= 11 is 0. The summed E-state index contributed by atoms with van der Waals surface area (Å²) in [6.07, 6.45) is -0.464. The lowest BCUT2D eigenvalue weighted by molar-refractivity contribution is -0.141. The highest BCUT2D eigenvalue weighted by Gasteiger charge is 2.17. The minimum absolute atomic E-state index is 0.285. The monoisotopic (exact) mass is 293 g/mol. The number of carbonyl (C=O) groups excluding carboxylic acids is 2. The molecule has 0 saturated carbocycles. The molecule has 21 heavy (non-hydrogen) atoms. The Morgan fingerprint density at radius 3 is 2.52 bits per heavy atom. The first-order valence-electron chi connectivity index (χ1n) is 6.86. The minimum Gasteiger partial charge on any atom is -0.469 e. The zero-order valence-electron chi connectivity index (χ0n) is 13.2. The van der Waals surface area contributed by atoms with Gasteiger partial charge in [0, 0.05) is 6.54 Å². The lowest BCUT2D eigenvalue weighted by atomic mass is 9.99. The average molecular weight is 293 g/mol. The van der Waals surface area contributed by atoms with Gasteiger partial charge in [-0.2, -0.15) is 0 Å². The molecule has 1 atom stereocenters. The summed E-state index contributed by atoms with van der Waals surface area (Å²) in [5.74, 6) is -0.622. The summed E-state index contributed by atoms with van der Waals surface area (Å²) in [5, 5.41) is 2.69. The number of benzene rings is 1. The van der Waals surface area contributed by atoms with Gasteiger partial charge in [0.1, 0.15) is 5.60 Å². The smallest absolute Gasteiger partial charge is 0.407 e. The van der Waals surface area contributed by atoms with Gasteiger partial charge in [-0.05, 0) is 38.8 Å². The predicted octanol–water partition coefficient (Wildman–Crippen LogP) is 2.99. The van der Waals surface area contributed by atoms with Gasteiger partial charge in [-0.1, -0.05) is 24.3 Å². The average Bonchev–Trinajstić information content (AvgIpc) is 2.42. The fourth-order valence-corrected chi connectivity index (χ4v) is 1.77. The first kappa shape index (κ1) is 17.0. The first-order chi connectivity index (χ1) is 9.73. The highest BCUT2D eigenvalue weighted by atomic mass is 16.6. The Morgan fingerprint density at radius 2 is 1.95 bits per heavy atom. The molecule has 0 saturated heterocycles. The molecule has 116 valence electrons. The third-order valence-corrected chi connectivity index (χ3v) is 2.84. The van der Waals surface area contributed by atoms with Gasteiger partial charge in [0.25, 0.3) is 0 Å². The number of ether oxygens (including phenoxy) is 2. The SMILES string of the molecule is COC(=O)C(C)c1cccc(CNC(=O)OC(C)(C)C)c1. The van der Waals surface area contributed by atoms with Crippen molar-refractivity contribution in [2.45, 2.75) is 45.8 Å². The Hall–Kier alpha value is -2.04. The number of methoxy groups -OCH3 is 1. The van der Waals surface area contributed by atoms with E-state index >= 15 is 0 Å². The van der Waals surface area contributed by atoms with E-state index < -0.39 is 11.7 Å². The molecule has 1 rings (SSSR count). The molecule has 1 amide bonds. The Morgan fingerprint density at radius 1 is 1.29 bits per heavy atom. The van der Waals surface area contributed by atoms with Crippen LogP contribution in [-0.4, -0.2) is 24.8 Å². The molecular weight excluding hydrogens is 270 g/mol. The molecule has 0 heterocycles. The molecule has 1 N–H and O–H groups in total. The molecular formula is C16H23NO4. The molecule has 5 nitrogen and oxygen atoms in total. The lowest BCUT2D eigenvalue weighted by Gasteiger charge is -2.19. The normalized spacial score (nSPS) is 12.4. The standard InChI is InChI=1S/C16H23NO4/c1-11(14(18)20-5)13-8-6-7-12(9-13)10-17-15(19)21-16(2,3)4/h6-9,11H,10H2,1-5H3,(H,17,19). The zero-order valence-corrected chi connectivity index (χ0v) is 13.2. The summed E-state index contributed by atoms with van der Waals surface area (Å²) in [5.41, 5.74) is 1.23. The molecule has 0 aliphatic rings. The number of nitrogens with one attached hydrogen (secondary N) is 1. The number of amides is 1. The number of hydrogen-bond donors (Lipinski definition) is 1. The van der Waals surface area contributed by atoms with E-state index in [1.807, 2.05) is 45.0 Å². The van der Waals surface area contributed by atoms with Crippen molar-refractivity contribution < 1.29 is 19.1 Å². The van der Waals surface area contributed by atoms with Crippen molar-refractivity contribution >= 4 is 12.1 Å². The number of esters is 1. The number of rotatable bonds is 4. The van der Waals surface area contributed by atoms with Gasteiger partial charge in [0.05, 0.1) is 13.0 Å². The van der Waals surface area contributed by atoms with Crippen molar-refractivity contribution in [3.8, 4) is 0 Å². The highest BCUT2D eigenvalue weighted by molar-refractivity contribution is 5.77. The van der Waals surface area contributed by atoms with Crippen molar-refractivity contribution in [3.05, 3.63) is 35.4 Å². The van der Waals surface area contributed by atoms with E-state index in [9.17, 15) is 9.59 Å². The quantitative estimate of drug-likeness (QED) is 0.867. The first-order valence-corrected chi connectivity index (χ1v) is 6.86. The van der Waals surface area contributed by atoms with Crippen LogP contribution in [0, 0.1) is 0 Å². The molecule has 0 aromatic heterocycles. The molecule has 1 aromatic carbocycles. The molecule has 0 bridgehead atoms. The maximum Gasteiger partial charge on any atom is 0.407 e. The van der Waals surface area contributed by atoms with Crippen LogP contribution in [0.2, 0.25) is 0 Å². The number of carbonyl (C=O) groups is 2. The van der Waals surface area contributed by atoms with Crippen LogP contribution in [0.25, 0.3) is 0 Å². The lowest BCUT2D eigenvalue weighted by Crippen LogP contribution is -2.32. The predicted molar refractivity (Wildman–Crippen MR) is 79.9 cm³/mol. The maximum atomic E-state index is 11.6. The van der Waals surface area contributed by atoms with Gasteiger partial charge in [-0.3, -0.25) is 4.79 Å². The van der Waals surface area contributed by atoms with E-state index in [2.05, 4.69) is 5.32 Å². The van der Waals surface area contributed by atoms with E-state index in [0.29, 0.717) is 6.54 Å². The topological polar surface area (TPSA) is 64.6 Å². The van der Waals surface area contributed by atoms with Crippen LogP contribution in [0.1, 0.15) is 44.7 Å². The maximum absolute atomic E-state index is 11.6. The summed E-state index contributed by atoms with van der Waals surface area (Å²) in [6, 6.07) is 7.46. The molecule has 0 spiro atoms. The molecule has 0 radical (unpaired) electrons. The number of hydrogen-bond acceptors (Lipinski definition) is 4. The molecule has 5 heteroatoms. The molecule has 0 fully saturated rings. The summed E-state index contributed by atoms with van der Waals surface area (Å²) in [4.78, 5) is 23.1. The van der Waals surface area contributed by atoms with Crippen molar-refractivity contribution in [1.29, 1.82) is 0 Å². The summed E-state index contributed by atoms with van der Waals surface area (Å²) in [7, 11) is 1.37. The fraction of sp³-hybridized carbons (Fsp3) is 0.500. The Balaban J connectivity index is 2.65. The molecule has 1 unspecified atom stereocenters. The van der Waals surface area contributed by atoms with E-state index in [4.69, 9.17) is 9.47 Å².